The second kappa shape index (κ2) is 16.6. The van der Waals surface area contributed by atoms with Crippen molar-refractivity contribution in [3.05, 3.63) is 70.6 Å². The minimum absolute atomic E-state index is 0.374. The molecule has 0 bridgehead atoms. The number of ether oxygens (including phenoxy) is 1. The molecule has 3 aromatic rings. The first kappa shape index (κ1) is 32.0. The summed E-state index contributed by atoms with van der Waals surface area (Å²) in [5.41, 5.74) is 2.39. The van der Waals surface area contributed by atoms with Crippen molar-refractivity contribution in [2.45, 2.75) is 89.8 Å². The number of unbranched alkanes of at least 4 members (excludes halogenated alkanes) is 9. The molecule has 216 valence electrons. The van der Waals surface area contributed by atoms with Crippen LogP contribution in [-0.2, 0) is 4.79 Å². The summed E-state index contributed by atoms with van der Waals surface area (Å²) in [6.07, 6.45) is 12.5. The molecule has 7 heteroatoms. The van der Waals surface area contributed by atoms with Crippen LogP contribution in [0.4, 0.5) is 5.69 Å². The molecule has 1 N–H and O–H groups in total. The van der Waals surface area contributed by atoms with Gasteiger partial charge in [-0.3, -0.25) is 9.59 Å². The van der Waals surface area contributed by atoms with Crippen LogP contribution < -0.4 is 10.1 Å². The average molecular weight is 631 g/mol. The molecule has 40 heavy (non-hydrogen) atoms. The van der Waals surface area contributed by atoms with Gasteiger partial charge in [-0.15, -0.1) is 0 Å². The number of alkyl halides is 1. The number of nitrogens with one attached hydrogen (secondary N) is 1. The Labute approximate surface area is 252 Å². The molecule has 3 rings (SSSR count). The maximum atomic E-state index is 13.5. The Morgan fingerprint density at radius 2 is 1.52 bits per heavy atom. The third kappa shape index (κ3) is 9.24. The highest BCUT2D eigenvalue weighted by atomic mass is 79.9. The molecule has 0 radical (unpaired) electrons. The Balaban J connectivity index is 1.56. The lowest BCUT2D eigenvalue weighted by Gasteiger charge is -2.15. The highest BCUT2D eigenvalue weighted by Gasteiger charge is 2.31. The SMILES string of the molecule is CCCCCCCCCCCCOc1ccc(Cl)cc1NC(=O)C(Br)C(=O)c1c(C)oc(C)c1-c1ccccc1. The highest BCUT2D eigenvalue weighted by molar-refractivity contribution is 9.10. The van der Waals surface area contributed by atoms with Gasteiger partial charge in [0.1, 0.15) is 17.3 Å². The smallest absolute Gasteiger partial charge is 0.246 e. The van der Waals surface area contributed by atoms with E-state index in [0.29, 0.717) is 45.7 Å². The molecule has 0 aliphatic carbocycles. The number of Topliss-reactive ketones (excluding diaryl/α,β-unsaturated/α-hetero) is 1. The Hall–Kier alpha value is -2.57. The van der Waals surface area contributed by atoms with E-state index < -0.39 is 10.7 Å². The van der Waals surface area contributed by atoms with Crippen molar-refractivity contribution in [3.63, 3.8) is 0 Å². The molecular formula is C33H41BrClNO4. The van der Waals surface area contributed by atoms with Gasteiger partial charge in [0.2, 0.25) is 5.91 Å². The number of benzene rings is 2. The highest BCUT2D eigenvalue weighted by Crippen LogP contribution is 2.34. The molecule has 0 aliphatic rings. The van der Waals surface area contributed by atoms with Gasteiger partial charge < -0.3 is 14.5 Å². The second-order valence-corrected chi connectivity index (χ2v) is 11.6. The number of aryl methyl sites for hydroxylation is 2. The summed E-state index contributed by atoms with van der Waals surface area (Å²) in [6, 6.07) is 14.7. The van der Waals surface area contributed by atoms with Crippen molar-refractivity contribution in [1.29, 1.82) is 0 Å². The molecule has 1 aromatic heterocycles. The fourth-order valence-electron chi connectivity index (χ4n) is 4.87. The largest absolute Gasteiger partial charge is 0.491 e. The molecular weight excluding hydrogens is 590 g/mol. The van der Waals surface area contributed by atoms with Gasteiger partial charge in [-0.05, 0) is 44.0 Å². The normalized spacial score (nSPS) is 11.8. The molecule has 0 fully saturated rings. The zero-order chi connectivity index (χ0) is 28.9. The van der Waals surface area contributed by atoms with Crippen LogP contribution in [0.2, 0.25) is 5.02 Å². The lowest BCUT2D eigenvalue weighted by atomic mass is 9.96. The molecule has 1 unspecified atom stereocenters. The third-order valence-corrected chi connectivity index (χ3v) is 8.05. The first-order chi connectivity index (χ1) is 19.3. The van der Waals surface area contributed by atoms with Crippen molar-refractivity contribution in [2.24, 2.45) is 0 Å². The zero-order valence-corrected chi connectivity index (χ0v) is 26.2. The van der Waals surface area contributed by atoms with E-state index in [9.17, 15) is 9.59 Å². The first-order valence-corrected chi connectivity index (χ1v) is 15.7. The molecule has 0 saturated heterocycles. The average Bonchev–Trinajstić information content (AvgIpc) is 3.25. The standard InChI is InChI=1S/C33H41BrClNO4/c1-4-5-6-7-8-9-10-11-12-16-21-39-28-20-19-26(35)22-27(28)36-33(38)31(34)32(37)30-24(3)40-23(2)29(30)25-17-14-13-15-18-25/h13-15,17-20,22,31H,4-12,16,21H2,1-3H3,(H,36,38). The number of hydrogen-bond acceptors (Lipinski definition) is 4. The van der Waals surface area contributed by atoms with Gasteiger partial charge in [-0.2, -0.15) is 0 Å². The topological polar surface area (TPSA) is 68.5 Å². The number of rotatable bonds is 17. The second-order valence-electron chi connectivity index (χ2n) is 10.2. The summed E-state index contributed by atoms with van der Waals surface area (Å²) in [6.45, 7) is 6.35. The monoisotopic (exact) mass is 629 g/mol. The van der Waals surface area contributed by atoms with Gasteiger partial charge in [-0.1, -0.05) is 123 Å². The summed E-state index contributed by atoms with van der Waals surface area (Å²) in [5, 5.41) is 3.29. The maximum absolute atomic E-state index is 13.5. The van der Waals surface area contributed by atoms with E-state index in [-0.39, 0.29) is 5.78 Å². The molecule has 5 nitrogen and oxygen atoms in total. The number of halogens is 2. The van der Waals surface area contributed by atoms with Gasteiger partial charge in [0, 0.05) is 10.6 Å². The Morgan fingerprint density at radius 3 is 2.17 bits per heavy atom. The lowest BCUT2D eigenvalue weighted by molar-refractivity contribution is -0.114. The van der Waals surface area contributed by atoms with Crippen LogP contribution in [0, 0.1) is 13.8 Å². The fraction of sp³-hybridized carbons (Fsp3) is 0.455. The Kier molecular flexibility index (Phi) is 13.3. The van der Waals surface area contributed by atoms with E-state index >= 15 is 0 Å². The predicted molar refractivity (Wildman–Crippen MR) is 168 cm³/mol. The predicted octanol–water partition coefficient (Wildman–Crippen LogP) is 10.1. The van der Waals surface area contributed by atoms with Gasteiger partial charge in [-0.25, -0.2) is 0 Å². The summed E-state index contributed by atoms with van der Waals surface area (Å²) < 4.78 is 11.8. The zero-order valence-electron chi connectivity index (χ0n) is 23.9. The van der Waals surface area contributed by atoms with Gasteiger partial charge in [0.25, 0.3) is 0 Å². The van der Waals surface area contributed by atoms with Crippen LogP contribution in [0.1, 0.15) is 93.0 Å². The molecule has 1 amide bonds. The van der Waals surface area contributed by atoms with Crippen LogP contribution in [0.5, 0.6) is 5.75 Å². The van der Waals surface area contributed by atoms with Crippen LogP contribution >= 0.6 is 27.5 Å². The van der Waals surface area contributed by atoms with E-state index in [1.54, 1.807) is 25.1 Å². The van der Waals surface area contributed by atoms with Crippen LogP contribution in [0.3, 0.4) is 0 Å². The van der Waals surface area contributed by atoms with Gasteiger partial charge in [0.05, 0.1) is 17.9 Å². The Bertz CT molecular complexity index is 1240. The lowest BCUT2D eigenvalue weighted by Crippen LogP contribution is -2.30. The molecule has 0 saturated carbocycles. The summed E-state index contributed by atoms with van der Waals surface area (Å²) in [7, 11) is 0. The van der Waals surface area contributed by atoms with E-state index in [1.807, 2.05) is 37.3 Å². The maximum Gasteiger partial charge on any atom is 0.246 e. The minimum atomic E-state index is -1.13. The number of carbonyl (C=O) groups excluding carboxylic acids is 2. The van der Waals surface area contributed by atoms with Crippen molar-refractivity contribution in [2.75, 3.05) is 11.9 Å². The first-order valence-electron chi connectivity index (χ1n) is 14.4. The van der Waals surface area contributed by atoms with Crippen molar-refractivity contribution >= 4 is 44.9 Å². The van der Waals surface area contributed by atoms with Crippen molar-refractivity contribution < 1.29 is 18.7 Å². The molecule has 0 spiro atoms. The number of amides is 1. The number of anilines is 1. The van der Waals surface area contributed by atoms with Crippen LogP contribution in [0.15, 0.2) is 52.9 Å². The van der Waals surface area contributed by atoms with Crippen molar-refractivity contribution in [1.82, 2.24) is 0 Å². The van der Waals surface area contributed by atoms with E-state index in [2.05, 4.69) is 28.2 Å². The third-order valence-electron chi connectivity index (χ3n) is 6.98. The quantitative estimate of drug-likeness (QED) is 0.0697. The molecule has 1 heterocycles. The van der Waals surface area contributed by atoms with Crippen molar-refractivity contribution in [3.8, 4) is 16.9 Å². The molecule has 2 aromatic carbocycles. The van der Waals surface area contributed by atoms with Gasteiger partial charge in [0.15, 0.2) is 10.6 Å². The van der Waals surface area contributed by atoms with E-state index in [0.717, 1.165) is 18.4 Å². The van der Waals surface area contributed by atoms with Crippen LogP contribution in [-0.4, -0.2) is 23.1 Å². The van der Waals surface area contributed by atoms with Gasteiger partial charge >= 0.3 is 0 Å². The Morgan fingerprint density at radius 1 is 0.900 bits per heavy atom. The number of furan rings is 1. The number of ketones is 1. The number of carbonyl (C=O) groups is 2. The molecule has 0 aliphatic heterocycles. The minimum Gasteiger partial charge on any atom is -0.491 e. The number of hydrogen-bond donors (Lipinski definition) is 1. The summed E-state index contributed by atoms with van der Waals surface area (Å²) in [4.78, 5) is 25.6. The van der Waals surface area contributed by atoms with Crippen LogP contribution in [0.25, 0.3) is 11.1 Å². The summed E-state index contributed by atoms with van der Waals surface area (Å²) in [5.74, 6) is 0.751. The molecule has 1 atom stereocenters. The fourth-order valence-corrected chi connectivity index (χ4v) is 5.39. The van der Waals surface area contributed by atoms with E-state index in [1.165, 1.54) is 51.4 Å². The van der Waals surface area contributed by atoms with E-state index in [4.69, 9.17) is 20.8 Å². The summed E-state index contributed by atoms with van der Waals surface area (Å²) >= 11 is 9.55.